The van der Waals surface area contributed by atoms with E-state index in [4.69, 9.17) is 4.74 Å². The molecule has 0 aliphatic heterocycles. The number of rotatable bonds is 11. The van der Waals surface area contributed by atoms with Crippen molar-refractivity contribution >= 4 is 5.91 Å². The average molecular weight is 335 g/mol. The molecule has 0 aromatic rings. The third-order valence-corrected chi connectivity index (χ3v) is 3.88. The SMILES string of the molecule is C=C/C=C(C)/C(NCCCCN(CC)C(C)=O)=C(C)/C=C(\C)OC. The standard InChI is InChI=1S/C20H34N2O2/c1-8-12-16(3)20(17(4)15-18(5)24-7)21-13-10-11-14-22(9-2)19(6)23/h8,12,15,21H,1,9-11,13-14H2,2-7H3/b16-12+,18-15+,20-17-. The second kappa shape index (κ2) is 12.5. The molecule has 1 amide bonds. The smallest absolute Gasteiger partial charge is 0.219 e. The maximum absolute atomic E-state index is 11.4. The molecule has 0 spiro atoms. The van der Waals surface area contributed by atoms with Gasteiger partial charge in [-0.1, -0.05) is 18.7 Å². The van der Waals surface area contributed by atoms with Gasteiger partial charge in [-0.05, 0) is 57.8 Å². The third kappa shape index (κ3) is 8.61. The lowest BCUT2D eigenvalue weighted by molar-refractivity contribution is -0.128. The van der Waals surface area contributed by atoms with E-state index in [0.29, 0.717) is 0 Å². The molecule has 24 heavy (non-hydrogen) atoms. The first-order chi connectivity index (χ1) is 11.4. The summed E-state index contributed by atoms with van der Waals surface area (Å²) in [7, 11) is 1.67. The van der Waals surface area contributed by atoms with Gasteiger partial charge in [0, 0.05) is 32.3 Å². The molecule has 4 nitrogen and oxygen atoms in total. The second-order valence-electron chi connectivity index (χ2n) is 5.84. The summed E-state index contributed by atoms with van der Waals surface area (Å²) >= 11 is 0. The normalized spacial score (nSPS) is 13.2. The van der Waals surface area contributed by atoms with Gasteiger partial charge in [0.05, 0.1) is 12.9 Å². The number of methoxy groups -OCH3 is 1. The van der Waals surface area contributed by atoms with E-state index >= 15 is 0 Å². The highest BCUT2D eigenvalue weighted by Gasteiger charge is 2.06. The van der Waals surface area contributed by atoms with Gasteiger partial charge in [0.1, 0.15) is 0 Å². The zero-order chi connectivity index (χ0) is 18.5. The van der Waals surface area contributed by atoms with Gasteiger partial charge in [-0.25, -0.2) is 0 Å². The summed E-state index contributed by atoms with van der Waals surface area (Å²) in [5.74, 6) is 1.02. The van der Waals surface area contributed by atoms with E-state index in [2.05, 4.69) is 25.7 Å². The number of carbonyl (C=O) groups excluding carboxylic acids is 1. The van der Waals surface area contributed by atoms with Crippen molar-refractivity contribution in [2.45, 2.75) is 47.5 Å². The van der Waals surface area contributed by atoms with Crippen LogP contribution in [-0.4, -0.2) is 37.6 Å². The van der Waals surface area contributed by atoms with Crippen molar-refractivity contribution in [1.82, 2.24) is 10.2 Å². The Morgan fingerprint density at radius 3 is 2.38 bits per heavy atom. The first-order valence-corrected chi connectivity index (χ1v) is 8.59. The predicted molar refractivity (Wildman–Crippen MR) is 103 cm³/mol. The van der Waals surface area contributed by atoms with Crippen LogP contribution >= 0.6 is 0 Å². The first-order valence-electron chi connectivity index (χ1n) is 8.59. The summed E-state index contributed by atoms with van der Waals surface area (Å²) in [6, 6.07) is 0. The van der Waals surface area contributed by atoms with Crippen molar-refractivity contribution in [3.63, 3.8) is 0 Å². The Balaban J connectivity index is 4.76. The summed E-state index contributed by atoms with van der Waals surface area (Å²) in [6.45, 7) is 15.9. The molecule has 0 bridgehead atoms. The van der Waals surface area contributed by atoms with E-state index in [-0.39, 0.29) is 5.91 Å². The molecule has 0 fully saturated rings. The minimum atomic E-state index is 0.145. The number of nitrogens with zero attached hydrogens (tertiary/aromatic N) is 1. The van der Waals surface area contributed by atoms with Crippen LogP contribution in [0.25, 0.3) is 0 Å². The fourth-order valence-electron chi connectivity index (χ4n) is 2.47. The van der Waals surface area contributed by atoms with Gasteiger partial charge in [-0.3, -0.25) is 4.79 Å². The van der Waals surface area contributed by atoms with Crippen LogP contribution in [0.15, 0.2) is 47.4 Å². The molecule has 0 saturated carbocycles. The van der Waals surface area contributed by atoms with Crippen molar-refractivity contribution in [3.8, 4) is 0 Å². The molecule has 0 aromatic carbocycles. The highest BCUT2D eigenvalue weighted by molar-refractivity contribution is 5.73. The lowest BCUT2D eigenvalue weighted by Crippen LogP contribution is -2.29. The Morgan fingerprint density at radius 2 is 1.88 bits per heavy atom. The van der Waals surface area contributed by atoms with Crippen LogP contribution < -0.4 is 5.32 Å². The number of nitrogens with one attached hydrogen (secondary N) is 1. The summed E-state index contributed by atoms with van der Waals surface area (Å²) in [4.78, 5) is 13.3. The van der Waals surface area contributed by atoms with E-state index in [1.165, 1.54) is 0 Å². The van der Waals surface area contributed by atoms with Crippen LogP contribution in [0.1, 0.15) is 47.5 Å². The quantitative estimate of drug-likeness (QED) is 0.350. The number of ether oxygens (including phenoxy) is 1. The topological polar surface area (TPSA) is 41.6 Å². The molecular weight excluding hydrogens is 300 g/mol. The van der Waals surface area contributed by atoms with Gasteiger partial charge in [0.2, 0.25) is 5.91 Å². The van der Waals surface area contributed by atoms with Crippen LogP contribution in [-0.2, 0) is 9.53 Å². The summed E-state index contributed by atoms with van der Waals surface area (Å²) in [6.07, 6.45) is 7.82. The van der Waals surface area contributed by atoms with Crippen molar-refractivity contribution in [1.29, 1.82) is 0 Å². The lowest BCUT2D eigenvalue weighted by Gasteiger charge is -2.19. The van der Waals surface area contributed by atoms with Crippen LogP contribution in [0, 0.1) is 0 Å². The van der Waals surface area contributed by atoms with E-state index in [0.717, 1.165) is 55.1 Å². The first kappa shape index (κ1) is 22.0. The second-order valence-corrected chi connectivity index (χ2v) is 5.84. The van der Waals surface area contributed by atoms with Crippen LogP contribution in [0.2, 0.25) is 0 Å². The highest BCUT2D eigenvalue weighted by atomic mass is 16.5. The minimum absolute atomic E-state index is 0.145. The molecule has 0 aliphatic carbocycles. The van der Waals surface area contributed by atoms with Gasteiger partial charge in [0.25, 0.3) is 0 Å². The Kier molecular flexibility index (Phi) is 11.4. The fourth-order valence-corrected chi connectivity index (χ4v) is 2.47. The van der Waals surface area contributed by atoms with Crippen LogP contribution in [0.4, 0.5) is 0 Å². The minimum Gasteiger partial charge on any atom is -0.501 e. The molecule has 0 heterocycles. The largest absolute Gasteiger partial charge is 0.501 e. The third-order valence-electron chi connectivity index (χ3n) is 3.88. The number of unbranched alkanes of at least 4 members (excludes halogenated alkanes) is 1. The zero-order valence-electron chi connectivity index (χ0n) is 16.2. The summed E-state index contributed by atoms with van der Waals surface area (Å²) < 4.78 is 5.24. The Bertz CT molecular complexity index is 502. The number of hydrogen-bond donors (Lipinski definition) is 1. The molecule has 0 saturated heterocycles. The molecule has 0 atom stereocenters. The molecule has 4 heteroatoms. The molecule has 0 radical (unpaired) electrons. The predicted octanol–water partition coefficient (Wildman–Crippen LogP) is 4.18. The highest BCUT2D eigenvalue weighted by Crippen LogP contribution is 2.15. The van der Waals surface area contributed by atoms with Crippen molar-refractivity contribution in [2.75, 3.05) is 26.7 Å². The van der Waals surface area contributed by atoms with Crippen molar-refractivity contribution in [3.05, 3.63) is 47.4 Å². The number of hydrogen-bond acceptors (Lipinski definition) is 3. The average Bonchev–Trinajstić information content (AvgIpc) is 2.53. The van der Waals surface area contributed by atoms with Crippen LogP contribution in [0.3, 0.4) is 0 Å². The molecule has 0 unspecified atom stereocenters. The Hall–Kier alpha value is -1.97. The number of amides is 1. The summed E-state index contributed by atoms with van der Waals surface area (Å²) in [5.41, 5.74) is 3.37. The number of allylic oxidation sites excluding steroid dienone is 6. The van der Waals surface area contributed by atoms with Gasteiger partial charge in [-0.15, -0.1) is 0 Å². The lowest BCUT2D eigenvalue weighted by atomic mass is 10.1. The Morgan fingerprint density at radius 1 is 1.21 bits per heavy atom. The maximum Gasteiger partial charge on any atom is 0.219 e. The molecular formula is C20H34N2O2. The van der Waals surface area contributed by atoms with Gasteiger partial charge in [0.15, 0.2) is 0 Å². The molecule has 136 valence electrons. The molecule has 0 aliphatic rings. The maximum atomic E-state index is 11.4. The zero-order valence-corrected chi connectivity index (χ0v) is 16.2. The molecule has 0 rings (SSSR count). The van der Waals surface area contributed by atoms with Gasteiger partial charge in [-0.2, -0.15) is 0 Å². The van der Waals surface area contributed by atoms with E-state index < -0.39 is 0 Å². The van der Waals surface area contributed by atoms with E-state index in [1.807, 2.05) is 30.9 Å². The summed E-state index contributed by atoms with van der Waals surface area (Å²) in [5, 5.41) is 3.51. The molecule has 1 N–H and O–H groups in total. The molecule has 0 aromatic heterocycles. The Labute approximate surface area is 147 Å². The van der Waals surface area contributed by atoms with Gasteiger partial charge < -0.3 is 15.0 Å². The van der Waals surface area contributed by atoms with E-state index in [9.17, 15) is 4.79 Å². The number of carbonyl (C=O) groups is 1. The van der Waals surface area contributed by atoms with E-state index in [1.54, 1.807) is 20.1 Å². The fraction of sp³-hybridized carbons (Fsp3) is 0.550. The van der Waals surface area contributed by atoms with Gasteiger partial charge >= 0.3 is 0 Å². The van der Waals surface area contributed by atoms with Crippen molar-refractivity contribution in [2.24, 2.45) is 0 Å². The van der Waals surface area contributed by atoms with Crippen LogP contribution in [0.5, 0.6) is 0 Å². The van der Waals surface area contributed by atoms with Crippen molar-refractivity contribution < 1.29 is 9.53 Å². The monoisotopic (exact) mass is 334 g/mol.